The number of carbonyl (C=O) groups excluding carboxylic acids is 2. The Labute approximate surface area is 144 Å². The van der Waals surface area contributed by atoms with E-state index >= 15 is 0 Å². The average molecular weight is 347 g/mol. The molecule has 0 aromatic carbocycles. The van der Waals surface area contributed by atoms with Gasteiger partial charge in [0, 0.05) is 25.7 Å². The van der Waals surface area contributed by atoms with Crippen LogP contribution in [0.2, 0.25) is 0 Å². The van der Waals surface area contributed by atoms with Gasteiger partial charge < -0.3 is 15.5 Å². The summed E-state index contributed by atoms with van der Waals surface area (Å²) in [6, 6.07) is -0.809. The second-order valence-electron chi connectivity index (χ2n) is 5.87. The van der Waals surface area contributed by atoms with Crippen molar-refractivity contribution in [1.82, 2.24) is 40.2 Å². The fourth-order valence-corrected chi connectivity index (χ4v) is 3.10. The Morgan fingerprint density at radius 2 is 2.16 bits per heavy atom. The van der Waals surface area contributed by atoms with Crippen LogP contribution in [-0.2, 0) is 4.79 Å². The highest BCUT2D eigenvalue weighted by atomic mass is 16.2. The van der Waals surface area contributed by atoms with Gasteiger partial charge >= 0.3 is 0 Å². The molecule has 11 nitrogen and oxygen atoms in total. The number of H-pyrrole nitrogens is 1. The summed E-state index contributed by atoms with van der Waals surface area (Å²) in [6.07, 6.45) is 3.21. The molecular formula is C14H21N9O2. The number of nitrogens with one attached hydrogen (secondary N) is 1. The largest absolute Gasteiger partial charge is 0.341 e. The van der Waals surface area contributed by atoms with E-state index in [9.17, 15) is 9.59 Å². The smallest absolute Gasteiger partial charge is 0.260 e. The van der Waals surface area contributed by atoms with Gasteiger partial charge in [0.05, 0.1) is 6.20 Å². The van der Waals surface area contributed by atoms with Crippen molar-refractivity contribution in [2.24, 2.45) is 5.73 Å². The number of carbonyl (C=O) groups is 2. The predicted octanol–water partition coefficient (Wildman–Crippen LogP) is -1.20. The Hall–Kier alpha value is -2.82. The van der Waals surface area contributed by atoms with E-state index in [-0.39, 0.29) is 17.9 Å². The molecule has 2 aromatic rings. The third-order valence-electron chi connectivity index (χ3n) is 4.38. The SMILES string of the molecule is CCN(CC)C(=O)[C@@H]1C[C@H](N)CN1C(=O)c1cn[nH]c1-n1cnnn1. The molecule has 0 aliphatic carbocycles. The molecule has 25 heavy (non-hydrogen) atoms. The lowest BCUT2D eigenvalue weighted by Gasteiger charge is -2.28. The normalized spacial score (nSPS) is 20.0. The zero-order valence-electron chi connectivity index (χ0n) is 14.2. The summed E-state index contributed by atoms with van der Waals surface area (Å²) in [5.74, 6) is -0.0546. The summed E-state index contributed by atoms with van der Waals surface area (Å²) in [7, 11) is 0. The lowest BCUT2D eigenvalue weighted by Crippen LogP contribution is -2.47. The lowest BCUT2D eigenvalue weighted by molar-refractivity contribution is -0.134. The maximum absolute atomic E-state index is 13.0. The molecule has 134 valence electrons. The van der Waals surface area contributed by atoms with Crippen LogP contribution in [-0.4, -0.2) is 83.7 Å². The van der Waals surface area contributed by atoms with Gasteiger partial charge in [-0.3, -0.25) is 14.7 Å². The van der Waals surface area contributed by atoms with Crippen molar-refractivity contribution in [3.05, 3.63) is 18.1 Å². The van der Waals surface area contributed by atoms with Crippen molar-refractivity contribution >= 4 is 11.8 Å². The Morgan fingerprint density at radius 1 is 1.40 bits per heavy atom. The van der Waals surface area contributed by atoms with Gasteiger partial charge in [-0.25, -0.2) is 0 Å². The summed E-state index contributed by atoms with van der Waals surface area (Å²) >= 11 is 0. The summed E-state index contributed by atoms with van der Waals surface area (Å²) < 4.78 is 1.32. The first-order valence-electron chi connectivity index (χ1n) is 8.18. The van der Waals surface area contributed by atoms with Crippen LogP contribution in [0.5, 0.6) is 0 Å². The third kappa shape index (κ3) is 3.09. The third-order valence-corrected chi connectivity index (χ3v) is 4.38. The molecule has 1 aliphatic heterocycles. The molecule has 3 rings (SSSR count). The van der Waals surface area contributed by atoms with Crippen LogP contribution in [0.25, 0.3) is 5.82 Å². The number of aromatic amines is 1. The number of hydrogen-bond donors (Lipinski definition) is 2. The van der Waals surface area contributed by atoms with E-state index in [0.29, 0.717) is 37.4 Å². The number of aromatic nitrogens is 6. The second kappa shape index (κ2) is 6.97. The number of likely N-dealkylation sites (tertiary alicyclic amines) is 1. The standard InChI is InChI=1S/C14H21N9O2/c1-3-21(4-2)14(25)11-5-9(15)7-22(11)13(24)10-6-16-18-12(10)23-8-17-19-20-23/h6,8-9,11H,3-5,7,15H2,1-2H3,(H,16,18)/t9-,11-/m0/s1. The Kier molecular flexibility index (Phi) is 4.74. The maximum atomic E-state index is 13.0. The molecule has 0 saturated carbocycles. The number of nitrogens with two attached hydrogens (primary N) is 1. The molecule has 1 saturated heterocycles. The molecule has 2 aromatic heterocycles. The first kappa shape index (κ1) is 17.0. The van der Waals surface area contributed by atoms with E-state index in [4.69, 9.17) is 5.73 Å². The van der Waals surface area contributed by atoms with Crippen molar-refractivity contribution in [2.75, 3.05) is 19.6 Å². The molecule has 1 aliphatic rings. The highest BCUT2D eigenvalue weighted by molar-refractivity contribution is 6.00. The van der Waals surface area contributed by atoms with Gasteiger partial charge in [-0.1, -0.05) is 0 Å². The van der Waals surface area contributed by atoms with Crippen molar-refractivity contribution in [3.8, 4) is 5.82 Å². The molecule has 0 spiro atoms. The van der Waals surface area contributed by atoms with Crippen molar-refractivity contribution in [3.63, 3.8) is 0 Å². The molecule has 1 fully saturated rings. The van der Waals surface area contributed by atoms with E-state index in [0.717, 1.165) is 0 Å². The zero-order chi connectivity index (χ0) is 18.0. The predicted molar refractivity (Wildman–Crippen MR) is 86.6 cm³/mol. The lowest BCUT2D eigenvalue weighted by atomic mass is 10.1. The maximum Gasteiger partial charge on any atom is 0.260 e. The first-order valence-corrected chi connectivity index (χ1v) is 8.18. The monoisotopic (exact) mass is 347 g/mol. The van der Waals surface area contributed by atoms with E-state index in [1.165, 1.54) is 22.1 Å². The van der Waals surface area contributed by atoms with Crippen LogP contribution >= 0.6 is 0 Å². The first-order chi connectivity index (χ1) is 12.1. The Bertz CT molecular complexity index is 737. The van der Waals surface area contributed by atoms with Gasteiger partial charge in [-0.05, 0) is 30.7 Å². The summed E-state index contributed by atoms with van der Waals surface area (Å²) in [5, 5.41) is 17.5. The summed E-state index contributed by atoms with van der Waals surface area (Å²) in [4.78, 5) is 29.0. The Balaban J connectivity index is 1.88. The summed E-state index contributed by atoms with van der Waals surface area (Å²) in [5.41, 5.74) is 6.33. The Morgan fingerprint density at radius 3 is 2.80 bits per heavy atom. The van der Waals surface area contributed by atoms with Crippen molar-refractivity contribution in [2.45, 2.75) is 32.4 Å². The minimum atomic E-state index is -0.570. The van der Waals surface area contributed by atoms with Gasteiger partial charge in [0.1, 0.15) is 17.9 Å². The van der Waals surface area contributed by atoms with Gasteiger partial charge in [0.2, 0.25) is 5.91 Å². The van der Waals surface area contributed by atoms with E-state index < -0.39 is 6.04 Å². The van der Waals surface area contributed by atoms with Crippen molar-refractivity contribution in [1.29, 1.82) is 0 Å². The van der Waals surface area contributed by atoms with E-state index in [1.54, 1.807) is 4.90 Å². The van der Waals surface area contributed by atoms with Gasteiger partial charge in [0.15, 0.2) is 5.82 Å². The van der Waals surface area contributed by atoms with E-state index in [1.807, 2.05) is 13.8 Å². The molecule has 3 heterocycles. The van der Waals surface area contributed by atoms with Crippen molar-refractivity contribution < 1.29 is 9.59 Å². The number of tetrazole rings is 1. The molecule has 0 unspecified atom stereocenters. The molecule has 0 radical (unpaired) electrons. The van der Waals surface area contributed by atoms with Gasteiger partial charge in [0.25, 0.3) is 5.91 Å². The van der Waals surface area contributed by atoms with Crippen LogP contribution < -0.4 is 5.73 Å². The topological polar surface area (TPSA) is 139 Å². The van der Waals surface area contributed by atoms with Gasteiger partial charge in [-0.2, -0.15) is 9.78 Å². The quantitative estimate of drug-likeness (QED) is 0.692. The second-order valence-corrected chi connectivity index (χ2v) is 5.87. The number of rotatable bonds is 5. The van der Waals surface area contributed by atoms with Crippen LogP contribution in [0.3, 0.4) is 0 Å². The molecule has 2 atom stereocenters. The summed E-state index contributed by atoms with van der Waals surface area (Å²) in [6.45, 7) is 5.31. The molecule has 2 amide bonds. The van der Waals surface area contributed by atoms with Crippen LogP contribution in [0.15, 0.2) is 12.5 Å². The number of nitrogens with zero attached hydrogens (tertiary/aromatic N) is 7. The number of hydrogen-bond acceptors (Lipinski definition) is 7. The average Bonchev–Trinajstić information content (AvgIpc) is 3.34. The molecule has 0 bridgehead atoms. The minimum Gasteiger partial charge on any atom is -0.341 e. The van der Waals surface area contributed by atoms with Gasteiger partial charge in [-0.15, -0.1) is 5.10 Å². The molecule has 3 N–H and O–H groups in total. The number of amides is 2. The van der Waals surface area contributed by atoms with E-state index in [2.05, 4.69) is 25.7 Å². The molecular weight excluding hydrogens is 326 g/mol. The highest BCUT2D eigenvalue weighted by Gasteiger charge is 2.40. The fraction of sp³-hybridized carbons (Fsp3) is 0.571. The molecule has 11 heteroatoms. The fourth-order valence-electron chi connectivity index (χ4n) is 3.10. The number of likely N-dealkylation sites (N-methyl/N-ethyl adjacent to an activating group) is 1. The zero-order valence-corrected chi connectivity index (χ0v) is 14.2. The highest BCUT2D eigenvalue weighted by Crippen LogP contribution is 2.23. The minimum absolute atomic E-state index is 0.0845. The van der Waals surface area contributed by atoms with Crippen LogP contribution in [0.4, 0.5) is 0 Å². The van der Waals surface area contributed by atoms with Crippen LogP contribution in [0.1, 0.15) is 30.6 Å². The van der Waals surface area contributed by atoms with Crippen LogP contribution in [0, 0.1) is 0 Å².